The molecule has 0 heterocycles. The Morgan fingerprint density at radius 3 is 2.18 bits per heavy atom. The average molecular weight is 409 g/mol. The van der Waals surface area contributed by atoms with E-state index in [0.717, 1.165) is 38.5 Å². The zero-order valence-electron chi connectivity index (χ0n) is 17.2. The summed E-state index contributed by atoms with van der Waals surface area (Å²) in [5.41, 5.74) is 0.434. The van der Waals surface area contributed by atoms with Gasteiger partial charge in [0, 0.05) is 30.7 Å². The summed E-state index contributed by atoms with van der Waals surface area (Å²) in [6.07, 6.45) is 7.73. The second-order valence-corrected chi connectivity index (χ2v) is 9.60. The molecule has 0 atom stereocenters. The van der Waals surface area contributed by atoms with E-state index in [9.17, 15) is 13.2 Å². The fraction of sp³-hybridized carbons (Fsp3) is 0.667. The molecule has 2 aliphatic rings. The van der Waals surface area contributed by atoms with Crippen molar-refractivity contribution in [1.82, 2.24) is 9.21 Å². The summed E-state index contributed by atoms with van der Waals surface area (Å²) >= 11 is 0. The fourth-order valence-electron chi connectivity index (χ4n) is 4.20. The van der Waals surface area contributed by atoms with Gasteiger partial charge in [-0.2, -0.15) is 4.31 Å². The van der Waals surface area contributed by atoms with Gasteiger partial charge in [-0.3, -0.25) is 4.79 Å². The monoisotopic (exact) mass is 408 g/mol. The van der Waals surface area contributed by atoms with Gasteiger partial charge in [0.05, 0.1) is 7.11 Å². The number of rotatable bonds is 8. The Balaban J connectivity index is 1.96. The van der Waals surface area contributed by atoms with Gasteiger partial charge in [-0.05, 0) is 43.9 Å². The zero-order chi connectivity index (χ0) is 20.3. The largest absolute Gasteiger partial charge is 0.495 e. The molecule has 0 saturated heterocycles. The van der Waals surface area contributed by atoms with Gasteiger partial charge in [0.1, 0.15) is 10.6 Å². The van der Waals surface area contributed by atoms with Crippen molar-refractivity contribution in [2.75, 3.05) is 20.2 Å². The van der Waals surface area contributed by atoms with Crippen LogP contribution in [-0.4, -0.2) is 55.8 Å². The Labute approximate surface area is 168 Å². The van der Waals surface area contributed by atoms with Crippen molar-refractivity contribution >= 4 is 15.9 Å². The van der Waals surface area contributed by atoms with Crippen LogP contribution >= 0.6 is 0 Å². The smallest absolute Gasteiger partial charge is 0.254 e. The van der Waals surface area contributed by atoms with Crippen LogP contribution in [0.2, 0.25) is 0 Å². The lowest BCUT2D eigenvalue weighted by atomic mass is 9.93. The van der Waals surface area contributed by atoms with Gasteiger partial charge in [0.15, 0.2) is 0 Å². The van der Waals surface area contributed by atoms with Crippen LogP contribution in [0.4, 0.5) is 0 Å². The quantitative estimate of drug-likeness (QED) is 0.658. The highest BCUT2D eigenvalue weighted by Gasteiger charge is 2.38. The molecular formula is C21H32N2O4S. The van der Waals surface area contributed by atoms with Gasteiger partial charge >= 0.3 is 0 Å². The Morgan fingerprint density at radius 2 is 1.64 bits per heavy atom. The van der Waals surface area contributed by atoms with Crippen LogP contribution in [0.1, 0.15) is 69.2 Å². The molecule has 0 spiro atoms. The van der Waals surface area contributed by atoms with Gasteiger partial charge in [-0.15, -0.1) is 0 Å². The van der Waals surface area contributed by atoms with Crippen LogP contribution in [0.5, 0.6) is 5.75 Å². The van der Waals surface area contributed by atoms with Gasteiger partial charge < -0.3 is 9.64 Å². The molecule has 28 heavy (non-hydrogen) atoms. The van der Waals surface area contributed by atoms with Crippen molar-refractivity contribution < 1.29 is 17.9 Å². The van der Waals surface area contributed by atoms with Crippen LogP contribution in [-0.2, 0) is 10.0 Å². The number of carbonyl (C=O) groups excluding carboxylic acids is 1. The predicted octanol–water partition coefficient (Wildman–Crippen LogP) is 3.66. The molecule has 1 aromatic carbocycles. The van der Waals surface area contributed by atoms with Crippen molar-refractivity contribution in [1.29, 1.82) is 0 Å². The lowest BCUT2D eigenvalue weighted by molar-refractivity contribution is 0.0613. The lowest BCUT2D eigenvalue weighted by Gasteiger charge is -2.35. The molecule has 1 amide bonds. The number of hydrogen-bond acceptors (Lipinski definition) is 4. The number of nitrogens with zero attached hydrogens (tertiary/aromatic N) is 2. The molecule has 6 nitrogen and oxygen atoms in total. The van der Waals surface area contributed by atoms with Crippen molar-refractivity contribution in [2.45, 2.75) is 75.8 Å². The highest BCUT2D eigenvalue weighted by atomic mass is 32.2. The van der Waals surface area contributed by atoms with Crippen molar-refractivity contribution in [2.24, 2.45) is 0 Å². The first-order valence-corrected chi connectivity index (χ1v) is 11.9. The van der Waals surface area contributed by atoms with E-state index in [-0.39, 0.29) is 22.6 Å². The van der Waals surface area contributed by atoms with Gasteiger partial charge in [-0.25, -0.2) is 8.42 Å². The third-order valence-electron chi connectivity index (χ3n) is 5.88. The lowest BCUT2D eigenvalue weighted by Crippen LogP contribution is -2.43. The topological polar surface area (TPSA) is 66.9 Å². The van der Waals surface area contributed by atoms with Gasteiger partial charge in [0.25, 0.3) is 5.91 Å². The summed E-state index contributed by atoms with van der Waals surface area (Å²) in [5.74, 6) is 0.229. The molecule has 0 unspecified atom stereocenters. The van der Waals surface area contributed by atoms with Crippen molar-refractivity contribution in [3.05, 3.63) is 23.8 Å². The Bertz CT molecular complexity index is 795. The van der Waals surface area contributed by atoms with E-state index in [1.54, 1.807) is 26.0 Å². The van der Waals surface area contributed by atoms with Crippen LogP contribution in [0.15, 0.2) is 23.1 Å². The molecule has 156 valence electrons. The second-order valence-electron chi connectivity index (χ2n) is 7.69. The van der Waals surface area contributed by atoms with Crippen LogP contribution in [0.25, 0.3) is 0 Å². The Morgan fingerprint density at radius 1 is 1.04 bits per heavy atom. The maximum Gasteiger partial charge on any atom is 0.254 e. The third-order valence-corrected chi connectivity index (χ3v) is 7.95. The van der Waals surface area contributed by atoms with Crippen molar-refractivity contribution in [3.8, 4) is 5.75 Å². The number of sulfonamides is 1. The van der Waals surface area contributed by atoms with E-state index in [1.165, 1.54) is 23.9 Å². The molecule has 3 rings (SSSR count). The van der Waals surface area contributed by atoms with Gasteiger partial charge in [-0.1, -0.05) is 33.1 Å². The molecule has 2 saturated carbocycles. The first-order valence-electron chi connectivity index (χ1n) is 10.4. The highest BCUT2D eigenvalue weighted by molar-refractivity contribution is 7.89. The molecule has 2 aliphatic carbocycles. The molecule has 7 heteroatoms. The maximum absolute atomic E-state index is 13.4. The Hall–Kier alpha value is -1.60. The summed E-state index contributed by atoms with van der Waals surface area (Å²) in [6.45, 7) is 4.35. The molecule has 0 radical (unpaired) electrons. The minimum absolute atomic E-state index is 0.0481. The second kappa shape index (κ2) is 8.82. The summed E-state index contributed by atoms with van der Waals surface area (Å²) < 4.78 is 32.9. The number of amides is 1. The van der Waals surface area contributed by atoms with Crippen molar-refractivity contribution in [3.63, 3.8) is 0 Å². The van der Waals surface area contributed by atoms with Gasteiger partial charge in [0.2, 0.25) is 10.0 Å². The van der Waals surface area contributed by atoms with E-state index in [4.69, 9.17) is 4.74 Å². The number of hydrogen-bond donors (Lipinski definition) is 0. The molecule has 0 aliphatic heterocycles. The summed E-state index contributed by atoms with van der Waals surface area (Å²) in [6, 6.07) is 5.39. The molecular weight excluding hydrogens is 376 g/mol. The SMILES string of the molecule is CCN(CC)S(=O)(=O)c1cc(C(=O)N(C2CCCCC2)C2CC2)ccc1OC. The predicted molar refractivity (Wildman–Crippen MR) is 109 cm³/mol. The minimum atomic E-state index is -3.72. The van der Waals surface area contributed by atoms with E-state index >= 15 is 0 Å². The first kappa shape index (κ1) is 21.1. The molecule has 1 aromatic rings. The number of ether oxygens (including phenoxy) is 1. The number of benzene rings is 1. The molecule has 0 bridgehead atoms. The Kier molecular flexibility index (Phi) is 6.65. The van der Waals surface area contributed by atoms with E-state index in [2.05, 4.69) is 0 Å². The van der Waals surface area contributed by atoms with Crippen LogP contribution < -0.4 is 4.74 Å². The van der Waals surface area contributed by atoms with E-state index in [0.29, 0.717) is 24.7 Å². The summed E-state index contributed by atoms with van der Waals surface area (Å²) in [5, 5.41) is 0. The third kappa shape index (κ3) is 4.20. The standard InChI is InChI=1S/C21H32N2O4S/c1-4-22(5-2)28(25,26)20-15-16(11-14-19(20)27-3)21(24)23(18-12-13-18)17-9-7-6-8-10-17/h11,14-15,17-18H,4-10,12-13H2,1-3H3. The zero-order valence-corrected chi connectivity index (χ0v) is 18.0. The first-order chi connectivity index (χ1) is 13.4. The average Bonchev–Trinajstić information content (AvgIpc) is 3.54. The van der Waals surface area contributed by atoms with Crippen LogP contribution in [0, 0.1) is 0 Å². The fourth-order valence-corrected chi connectivity index (χ4v) is 5.84. The summed E-state index contributed by atoms with van der Waals surface area (Å²) in [7, 11) is -2.26. The molecule has 0 N–H and O–H groups in total. The number of methoxy groups -OCH3 is 1. The molecule has 0 aromatic heterocycles. The normalized spacial score (nSPS) is 18.3. The summed E-state index contributed by atoms with van der Waals surface area (Å²) in [4.78, 5) is 15.5. The highest BCUT2D eigenvalue weighted by Crippen LogP contribution is 2.36. The minimum Gasteiger partial charge on any atom is -0.495 e. The van der Waals surface area contributed by atoms with E-state index in [1.807, 2.05) is 4.90 Å². The van der Waals surface area contributed by atoms with Crippen LogP contribution in [0.3, 0.4) is 0 Å². The van der Waals surface area contributed by atoms with E-state index < -0.39 is 10.0 Å². The maximum atomic E-state index is 13.4. The molecule has 2 fully saturated rings. The number of carbonyl (C=O) groups is 1.